The number of aromatic nitrogens is 2. The Morgan fingerprint density at radius 3 is 1.28 bits per heavy atom. The van der Waals surface area contributed by atoms with Crippen molar-refractivity contribution in [3.05, 3.63) is 79.7 Å². The first kappa shape index (κ1) is 21.7. The Balaban J connectivity index is 1.70. The quantitative estimate of drug-likeness (QED) is 0.417. The topological polar surface area (TPSA) is 78.4 Å². The van der Waals surface area contributed by atoms with Gasteiger partial charge in [0.25, 0.3) is 11.1 Å². The van der Waals surface area contributed by atoms with Gasteiger partial charge < -0.3 is 9.47 Å². The molecule has 6 nitrogen and oxygen atoms in total. The second-order valence-corrected chi connectivity index (χ2v) is 8.74. The van der Waals surface area contributed by atoms with Gasteiger partial charge in [-0.15, -0.1) is 0 Å². The van der Waals surface area contributed by atoms with Gasteiger partial charge in [-0.3, -0.25) is 9.59 Å². The van der Waals surface area contributed by atoms with E-state index < -0.39 is 11.1 Å². The van der Waals surface area contributed by atoms with Crippen molar-refractivity contribution in [2.45, 2.75) is 27.7 Å². The van der Waals surface area contributed by atoms with Crippen LogP contribution in [0.3, 0.4) is 0 Å². The van der Waals surface area contributed by atoms with Crippen molar-refractivity contribution in [2.24, 2.45) is 11.8 Å². The number of ether oxygens (including phenoxy) is 2. The van der Waals surface area contributed by atoms with Crippen molar-refractivity contribution in [1.29, 1.82) is 0 Å². The molecular formula is C26H26N2O4. The highest BCUT2D eigenvalue weighted by molar-refractivity contribution is 5.67. The average Bonchev–Trinajstić information content (AvgIpc) is 3.30. The van der Waals surface area contributed by atoms with E-state index in [2.05, 4.69) is 37.7 Å². The monoisotopic (exact) mass is 430 g/mol. The molecular weight excluding hydrogens is 404 g/mol. The van der Waals surface area contributed by atoms with Gasteiger partial charge in [0, 0.05) is 11.1 Å². The maximum atomic E-state index is 12.7. The maximum absolute atomic E-state index is 12.7. The summed E-state index contributed by atoms with van der Waals surface area (Å²) in [5.74, 6) is 2.30. The molecule has 0 bridgehead atoms. The first-order valence-corrected chi connectivity index (χ1v) is 10.8. The number of benzene rings is 2. The maximum Gasteiger partial charge on any atom is 0.280 e. The molecule has 164 valence electrons. The Morgan fingerprint density at radius 1 is 0.625 bits per heavy atom. The molecule has 2 aliphatic rings. The van der Waals surface area contributed by atoms with Crippen molar-refractivity contribution >= 4 is 0 Å². The van der Waals surface area contributed by atoms with Gasteiger partial charge in [0.1, 0.15) is 11.5 Å². The summed E-state index contributed by atoms with van der Waals surface area (Å²) < 4.78 is 11.4. The van der Waals surface area contributed by atoms with Gasteiger partial charge in [-0.1, -0.05) is 27.7 Å². The predicted molar refractivity (Wildman–Crippen MR) is 124 cm³/mol. The fourth-order valence-electron chi connectivity index (χ4n) is 3.44. The molecule has 0 spiro atoms. The molecule has 0 aliphatic carbocycles. The van der Waals surface area contributed by atoms with Crippen LogP contribution in [0.5, 0.6) is 11.5 Å². The van der Waals surface area contributed by atoms with E-state index in [1.54, 1.807) is 0 Å². The molecule has 32 heavy (non-hydrogen) atoms. The third kappa shape index (κ3) is 4.40. The molecule has 4 rings (SSSR count). The van der Waals surface area contributed by atoms with Crippen molar-refractivity contribution in [1.82, 2.24) is 9.97 Å². The first-order chi connectivity index (χ1) is 15.3. The largest absolute Gasteiger partial charge is 0.493 e. The molecule has 0 radical (unpaired) electrons. The van der Waals surface area contributed by atoms with Crippen LogP contribution in [0.15, 0.2) is 58.1 Å². The van der Waals surface area contributed by atoms with Crippen molar-refractivity contribution < 1.29 is 9.47 Å². The van der Waals surface area contributed by atoms with E-state index in [0.29, 0.717) is 47.6 Å². The van der Waals surface area contributed by atoms with E-state index in [4.69, 9.17) is 9.47 Å². The van der Waals surface area contributed by atoms with E-state index in [1.807, 2.05) is 48.5 Å². The fourth-order valence-corrected chi connectivity index (χ4v) is 3.44. The summed E-state index contributed by atoms with van der Waals surface area (Å²) >= 11 is 0. The second-order valence-electron chi connectivity index (χ2n) is 8.74. The number of hydrogen-bond donors (Lipinski definition) is 0. The lowest BCUT2D eigenvalue weighted by Gasteiger charge is -2.08. The summed E-state index contributed by atoms with van der Waals surface area (Å²) in [6.45, 7) is 9.55. The molecule has 2 aromatic carbocycles. The molecule has 0 fully saturated rings. The summed E-state index contributed by atoms with van der Waals surface area (Å²) in [7, 11) is 0. The van der Waals surface area contributed by atoms with Gasteiger partial charge >= 0.3 is 0 Å². The minimum Gasteiger partial charge on any atom is -0.493 e. The second kappa shape index (κ2) is 8.91. The smallest absolute Gasteiger partial charge is 0.280 e. The van der Waals surface area contributed by atoms with Gasteiger partial charge in [-0.25, -0.2) is 9.97 Å². The SMILES string of the molecule is CC(C)COc1ccc(-c2nc(=O)c3c(-c4ccc(OCC(C)C)cc4)nc(=O)c2=3)cc1. The van der Waals surface area contributed by atoms with Gasteiger partial charge in [-0.05, 0) is 60.4 Å². The molecule has 0 amide bonds. The summed E-state index contributed by atoms with van der Waals surface area (Å²) in [6.07, 6.45) is 0. The van der Waals surface area contributed by atoms with Crippen molar-refractivity contribution in [2.75, 3.05) is 13.2 Å². The Kier molecular flexibility index (Phi) is 6.04. The lowest BCUT2D eigenvalue weighted by atomic mass is 10.1. The zero-order chi connectivity index (χ0) is 22.8. The molecule has 0 unspecified atom stereocenters. The lowest BCUT2D eigenvalue weighted by Crippen LogP contribution is -2.05. The average molecular weight is 431 g/mol. The Labute approximate surface area is 186 Å². The Hall–Kier alpha value is -3.54. The molecule has 2 heterocycles. The molecule has 0 aromatic heterocycles. The van der Waals surface area contributed by atoms with Crippen LogP contribution in [-0.4, -0.2) is 23.2 Å². The Bertz CT molecular complexity index is 1240. The fraction of sp³-hybridized carbons (Fsp3) is 0.308. The first-order valence-electron chi connectivity index (χ1n) is 10.8. The summed E-state index contributed by atoms with van der Waals surface area (Å²) in [5.41, 5.74) is 1.20. The van der Waals surface area contributed by atoms with Crippen LogP contribution >= 0.6 is 0 Å². The van der Waals surface area contributed by atoms with E-state index in [0.717, 1.165) is 11.5 Å². The standard InChI is InChI=1S/C26H26N2O4/c1-15(2)13-31-19-9-5-17(6-10-19)23-21-22(26(30)27-23)24(28-25(21)29)18-7-11-20(12-8-18)32-14-16(3)4/h5-12,15-16H,13-14H2,1-4H3. The minimum absolute atomic E-state index is 0.265. The molecule has 0 saturated heterocycles. The highest BCUT2D eigenvalue weighted by Crippen LogP contribution is 2.26. The van der Waals surface area contributed by atoms with Crippen LogP contribution < -0.4 is 20.6 Å². The van der Waals surface area contributed by atoms with Crippen LogP contribution in [0.4, 0.5) is 0 Å². The number of nitrogens with zero attached hydrogens (tertiary/aromatic N) is 2. The van der Waals surface area contributed by atoms with Crippen molar-refractivity contribution in [3.63, 3.8) is 0 Å². The lowest BCUT2D eigenvalue weighted by molar-refractivity contribution is 0.271. The zero-order valence-electron chi connectivity index (χ0n) is 18.7. The van der Waals surface area contributed by atoms with Gasteiger partial charge in [-0.2, -0.15) is 0 Å². The van der Waals surface area contributed by atoms with E-state index in [9.17, 15) is 9.59 Å². The molecule has 6 heteroatoms. The normalized spacial score (nSPS) is 11.6. The summed E-state index contributed by atoms with van der Waals surface area (Å²) in [5, 5.41) is 0.530. The highest BCUT2D eigenvalue weighted by Gasteiger charge is 2.19. The van der Waals surface area contributed by atoms with E-state index >= 15 is 0 Å². The van der Waals surface area contributed by atoms with E-state index in [1.165, 1.54) is 0 Å². The predicted octanol–water partition coefficient (Wildman–Crippen LogP) is 4.20. The number of rotatable bonds is 8. The van der Waals surface area contributed by atoms with Crippen molar-refractivity contribution in [3.8, 4) is 34.0 Å². The Morgan fingerprint density at radius 2 is 0.969 bits per heavy atom. The third-order valence-corrected chi connectivity index (χ3v) is 5.00. The molecule has 0 N–H and O–H groups in total. The van der Waals surface area contributed by atoms with Gasteiger partial charge in [0.15, 0.2) is 0 Å². The minimum atomic E-state index is -0.445. The van der Waals surface area contributed by atoms with E-state index in [-0.39, 0.29) is 10.4 Å². The van der Waals surface area contributed by atoms with Crippen LogP contribution in [0, 0.1) is 22.3 Å². The molecule has 2 aliphatic heterocycles. The van der Waals surface area contributed by atoms with Gasteiger partial charge in [0.2, 0.25) is 0 Å². The van der Waals surface area contributed by atoms with Gasteiger partial charge in [0.05, 0.1) is 35.0 Å². The van der Waals surface area contributed by atoms with Crippen LogP contribution in [0.25, 0.3) is 22.5 Å². The van der Waals surface area contributed by atoms with Crippen LogP contribution in [0.2, 0.25) is 0 Å². The third-order valence-electron chi connectivity index (χ3n) is 5.00. The van der Waals surface area contributed by atoms with Crippen LogP contribution in [0.1, 0.15) is 27.7 Å². The molecule has 0 atom stereocenters. The zero-order valence-corrected chi connectivity index (χ0v) is 18.7. The molecule has 0 saturated carbocycles. The van der Waals surface area contributed by atoms with Crippen LogP contribution in [-0.2, 0) is 0 Å². The molecule has 2 aromatic rings. The number of hydrogen-bond acceptors (Lipinski definition) is 6. The highest BCUT2D eigenvalue weighted by atomic mass is 16.5. The summed E-state index contributed by atoms with van der Waals surface area (Å²) in [4.78, 5) is 33.8. The summed E-state index contributed by atoms with van der Waals surface area (Å²) in [6, 6.07) is 14.5.